The predicted octanol–water partition coefficient (Wildman–Crippen LogP) is 10.5. The predicted molar refractivity (Wildman–Crippen MR) is 269 cm³/mol. The van der Waals surface area contributed by atoms with Gasteiger partial charge in [-0.05, 0) is 120 Å². The molecule has 1 spiro atoms. The summed E-state index contributed by atoms with van der Waals surface area (Å²) in [6.45, 7) is 4.59. The average Bonchev–Trinajstić information content (AvgIpc) is 4.01. The van der Waals surface area contributed by atoms with Crippen LogP contribution in [0.25, 0.3) is 66.4 Å². The molecule has 1 heterocycles. The van der Waals surface area contributed by atoms with E-state index in [-0.39, 0.29) is 5.41 Å². The molecule has 0 fully saturated rings. The van der Waals surface area contributed by atoms with E-state index in [9.17, 15) is 0 Å². The van der Waals surface area contributed by atoms with Crippen LogP contribution in [0.1, 0.15) is 47.2 Å². The second-order valence-electron chi connectivity index (χ2n) is 18.0. The van der Waals surface area contributed by atoms with Crippen molar-refractivity contribution in [1.82, 2.24) is 0 Å². The number of benzene rings is 9. The summed E-state index contributed by atoms with van der Waals surface area (Å²) in [6, 6.07) is 62.8. The maximum absolute atomic E-state index is 7.37. The third-order valence-electron chi connectivity index (χ3n) is 14.6. The highest BCUT2D eigenvalue weighted by Gasteiger charge is 2.51. The largest absolute Gasteiger partial charge is 0.456 e. The smallest absolute Gasteiger partial charge is 0.136 e. The maximum atomic E-state index is 7.37. The van der Waals surface area contributed by atoms with Crippen molar-refractivity contribution in [2.24, 2.45) is 0 Å². The molecule has 2 nitrogen and oxygen atoms in total. The van der Waals surface area contributed by atoms with E-state index in [4.69, 9.17) is 35.8 Å². The maximum Gasteiger partial charge on any atom is 0.136 e. The number of hydrogen-bond donors (Lipinski definition) is 0. The molecule has 8 radical (unpaired) electrons. The van der Waals surface area contributed by atoms with Crippen molar-refractivity contribution >= 4 is 92.2 Å². The van der Waals surface area contributed by atoms with Gasteiger partial charge in [0, 0.05) is 33.2 Å². The molecule has 0 N–H and O–H groups in total. The average molecular weight is 805 g/mol. The van der Waals surface area contributed by atoms with Gasteiger partial charge in [-0.25, -0.2) is 0 Å². The van der Waals surface area contributed by atoms with E-state index in [0.29, 0.717) is 33.1 Å². The molecule has 0 saturated heterocycles. The number of hydrogen-bond acceptors (Lipinski definition) is 2. The molecule has 290 valence electrons. The first-order chi connectivity index (χ1) is 31.2. The van der Waals surface area contributed by atoms with Crippen molar-refractivity contribution < 1.29 is 4.42 Å². The molecule has 0 amide bonds. The lowest BCUT2D eigenvalue weighted by Gasteiger charge is -2.35. The summed E-state index contributed by atoms with van der Waals surface area (Å²) in [7, 11) is 29.2. The van der Waals surface area contributed by atoms with E-state index in [2.05, 4.69) is 158 Å². The minimum absolute atomic E-state index is 0.261. The Labute approximate surface area is 378 Å². The van der Waals surface area contributed by atoms with Crippen molar-refractivity contribution in [2.45, 2.75) is 24.7 Å². The molecular formula is C58H35B4NO. The Balaban J connectivity index is 1.07. The van der Waals surface area contributed by atoms with E-state index in [1.54, 1.807) is 0 Å². The van der Waals surface area contributed by atoms with E-state index < -0.39 is 5.41 Å². The Hall–Kier alpha value is -7.16. The quantitative estimate of drug-likeness (QED) is 0.165. The topological polar surface area (TPSA) is 16.4 Å². The molecule has 6 heteroatoms. The van der Waals surface area contributed by atoms with E-state index >= 15 is 0 Å². The number of fused-ring (bicyclic) bond motifs is 16. The zero-order valence-corrected chi connectivity index (χ0v) is 35.4. The molecule has 13 rings (SSSR count). The number of furan rings is 1. The highest BCUT2D eigenvalue weighted by molar-refractivity contribution is 6.63. The zero-order chi connectivity index (χ0) is 43.2. The molecular weight excluding hydrogens is 770 g/mol. The molecule has 0 aliphatic heterocycles. The monoisotopic (exact) mass is 805 g/mol. The van der Waals surface area contributed by atoms with Crippen molar-refractivity contribution in [3.63, 3.8) is 0 Å². The van der Waals surface area contributed by atoms with Crippen molar-refractivity contribution in [3.8, 4) is 44.5 Å². The highest BCUT2D eigenvalue weighted by atomic mass is 16.3. The Kier molecular flexibility index (Phi) is 7.71. The molecule has 0 atom stereocenters. The van der Waals surface area contributed by atoms with Crippen LogP contribution in [0, 0.1) is 0 Å². The third-order valence-corrected chi connectivity index (χ3v) is 14.6. The van der Waals surface area contributed by atoms with E-state index in [0.717, 1.165) is 38.9 Å². The minimum atomic E-state index is -0.559. The van der Waals surface area contributed by atoms with Crippen molar-refractivity contribution in [3.05, 3.63) is 209 Å². The van der Waals surface area contributed by atoms with Crippen LogP contribution in [-0.2, 0) is 10.8 Å². The van der Waals surface area contributed by atoms with Gasteiger partial charge in [0.2, 0.25) is 0 Å². The Morgan fingerprint density at radius 1 is 0.391 bits per heavy atom. The SMILES string of the molecule is [B]c1c([B])c(N(c2ccc3c(c2)C(C)(C)c2ccccc2-3)c2ccc3c(c2)C2(c4ccccc4-c4ccccc42)c2ccccc2-3)c([B])c([B])c1-c1ccc2c(c1)oc1ccccc12. The van der Waals surface area contributed by atoms with Crippen LogP contribution in [0.15, 0.2) is 180 Å². The fraction of sp³-hybridized carbons (Fsp3) is 0.0690. The molecule has 9 aromatic carbocycles. The normalized spacial score (nSPS) is 14.3. The van der Waals surface area contributed by atoms with Gasteiger partial charge in [0.15, 0.2) is 0 Å². The standard InChI is InChI=1S/C58H35B4NO/c1-57(2)43-18-8-3-13-35(43)39-27-24-33(30-47(39)57)63(56-54(61)52(59)51(53(60)55(56)62)32-23-26-42-41-17-7-12-22-49(41)64-50(42)29-32)34-25-28-40-38-16-6-11-21-46(38)58(48(40)31-34)44-19-9-4-14-36(44)37-15-5-10-20-45(37)58/h3-31H,1-2H3. The molecule has 10 aromatic rings. The van der Waals surface area contributed by atoms with Gasteiger partial charge in [0.1, 0.15) is 42.6 Å². The van der Waals surface area contributed by atoms with Crippen LogP contribution >= 0.6 is 0 Å². The van der Waals surface area contributed by atoms with Crippen LogP contribution in [0.4, 0.5) is 17.1 Å². The second-order valence-corrected chi connectivity index (χ2v) is 18.0. The summed E-state index contributed by atoms with van der Waals surface area (Å²) in [5.74, 6) is 0. The summed E-state index contributed by atoms with van der Waals surface area (Å²) in [5.41, 5.74) is 20.6. The lowest BCUT2D eigenvalue weighted by Crippen LogP contribution is -2.46. The van der Waals surface area contributed by atoms with Gasteiger partial charge in [-0.1, -0.05) is 169 Å². The number of rotatable bonds is 4. The summed E-state index contributed by atoms with van der Waals surface area (Å²) >= 11 is 0. The van der Waals surface area contributed by atoms with Gasteiger partial charge in [0.25, 0.3) is 0 Å². The molecule has 0 saturated carbocycles. The minimum Gasteiger partial charge on any atom is -0.456 e. The second kappa shape index (κ2) is 13.2. The Bertz CT molecular complexity index is 3580. The van der Waals surface area contributed by atoms with Gasteiger partial charge in [0.05, 0.1) is 5.41 Å². The Morgan fingerprint density at radius 3 is 1.44 bits per heavy atom. The Morgan fingerprint density at radius 2 is 0.844 bits per heavy atom. The highest BCUT2D eigenvalue weighted by Crippen LogP contribution is 2.63. The van der Waals surface area contributed by atoms with Crippen LogP contribution in [0.5, 0.6) is 0 Å². The molecule has 3 aliphatic rings. The summed E-state index contributed by atoms with van der Waals surface area (Å²) in [6.07, 6.45) is 0. The molecule has 3 aliphatic carbocycles. The van der Waals surface area contributed by atoms with E-state index in [1.807, 2.05) is 36.4 Å². The van der Waals surface area contributed by atoms with Crippen LogP contribution in [0.3, 0.4) is 0 Å². The lowest BCUT2D eigenvalue weighted by molar-refractivity contribution is 0.660. The summed E-state index contributed by atoms with van der Waals surface area (Å²) in [5, 5.41) is 2.05. The first kappa shape index (κ1) is 37.4. The third kappa shape index (κ3) is 4.76. The van der Waals surface area contributed by atoms with Crippen LogP contribution < -0.4 is 26.8 Å². The van der Waals surface area contributed by atoms with Gasteiger partial charge >= 0.3 is 0 Å². The first-order valence-corrected chi connectivity index (χ1v) is 21.8. The van der Waals surface area contributed by atoms with Gasteiger partial charge in [-0.2, -0.15) is 0 Å². The van der Waals surface area contributed by atoms with Gasteiger partial charge < -0.3 is 9.32 Å². The van der Waals surface area contributed by atoms with Crippen molar-refractivity contribution in [1.29, 1.82) is 0 Å². The molecule has 0 unspecified atom stereocenters. The zero-order valence-electron chi connectivity index (χ0n) is 35.4. The number of anilines is 3. The van der Waals surface area contributed by atoms with Crippen LogP contribution in [0.2, 0.25) is 0 Å². The lowest BCUT2D eigenvalue weighted by atomic mass is 9.64. The van der Waals surface area contributed by atoms with E-state index in [1.165, 1.54) is 66.8 Å². The van der Waals surface area contributed by atoms with Gasteiger partial charge in [-0.15, -0.1) is 0 Å². The molecule has 0 bridgehead atoms. The van der Waals surface area contributed by atoms with Gasteiger partial charge in [-0.3, -0.25) is 0 Å². The fourth-order valence-electron chi connectivity index (χ4n) is 11.7. The van der Waals surface area contributed by atoms with Crippen LogP contribution in [-0.4, -0.2) is 31.4 Å². The number of para-hydroxylation sites is 1. The fourth-order valence-corrected chi connectivity index (χ4v) is 11.7. The summed E-state index contributed by atoms with van der Waals surface area (Å²) < 4.78 is 6.30. The number of nitrogens with zero attached hydrogens (tertiary/aromatic N) is 1. The summed E-state index contributed by atoms with van der Waals surface area (Å²) in [4.78, 5) is 2.17. The first-order valence-electron chi connectivity index (χ1n) is 21.8. The molecule has 64 heavy (non-hydrogen) atoms. The molecule has 1 aromatic heterocycles. The van der Waals surface area contributed by atoms with Crippen molar-refractivity contribution in [2.75, 3.05) is 4.90 Å².